The zero-order valence-electron chi connectivity index (χ0n) is 17.2. The average Bonchev–Trinajstić information content (AvgIpc) is 2.95. The van der Waals surface area contributed by atoms with Crippen molar-refractivity contribution in [1.82, 2.24) is 0 Å². The molecule has 1 N–H and O–H groups in total. The summed E-state index contributed by atoms with van der Waals surface area (Å²) in [6, 6.07) is 10.8. The highest BCUT2D eigenvalue weighted by molar-refractivity contribution is 6.18. The standard InChI is InChI=1S/C21H23N5O4/c1-13-18(20(28)25(24-13)15-8-6-5-7-9-15)23-22-16-10-14(12-21(2,3)4)11-17(19(16)27)26(29)30/h5-11,18,27H,12H2,1-4H3. The molecule has 156 valence electrons. The molecule has 0 spiro atoms. The second kappa shape index (κ2) is 8.02. The molecule has 0 aromatic heterocycles. The van der Waals surface area contributed by atoms with Crippen molar-refractivity contribution in [3.63, 3.8) is 0 Å². The van der Waals surface area contributed by atoms with Gasteiger partial charge in [-0.3, -0.25) is 14.9 Å². The molecular weight excluding hydrogens is 386 g/mol. The second-order valence-corrected chi connectivity index (χ2v) is 8.32. The predicted molar refractivity (Wildman–Crippen MR) is 113 cm³/mol. The summed E-state index contributed by atoms with van der Waals surface area (Å²) in [5.74, 6) is -0.969. The van der Waals surface area contributed by atoms with Crippen LogP contribution < -0.4 is 5.01 Å². The number of nitro benzene ring substituents is 1. The van der Waals surface area contributed by atoms with Crippen LogP contribution in [0, 0.1) is 15.5 Å². The lowest BCUT2D eigenvalue weighted by atomic mass is 9.88. The first-order chi connectivity index (χ1) is 14.1. The quantitative estimate of drug-likeness (QED) is 0.434. The first-order valence-corrected chi connectivity index (χ1v) is 9.42. The zero-order valence-corrected chi connectivity index (χ0v) is 17.2. The van der Waals surface area contributed by atoms with Crippen molar-refractivity contribution < 1.29 is 14.8 Å². The first-order valence-electron chi connectivity index (χ1n) is 9.42. The number of carbonyl (C=O) groups is 1. The van der Waals surface area contributed by atoms with Crippen LogP contribution in [0.25, 0.3) is 0 Å². The van der Waals surface area contributed by atoms with E-state index < -0.39 is 22.4 Å². The molecule has 0 radical (unpaired) electrons. The highest BCUT2D eigenvalue weighted by Gasteiger charge is 2.35. The van der Waals surface area contributed by atoms with Gasteiger partial charge in [0.15, 0.2) is 6.04 Å². The van der Waals surface area contributed by atoms with Gasteiger partial charge in [-0.15, -0.1) is 0 Å². The van der Waals surface area contributed by atoms with Crippen LogP contribution in [0.3, 0.4) is 0 Å². The monoisotopic (exact) mass is 409 g/mol. The van der Waals surface area contributed by atoms with E-state index in [-0.39, 0.29) is 17.0 Å². The molecule has 0 fully saturated rings. The predicted octanol–water partition coefficient (Wildman–Crippen LogP) is 4.76. The maximum Gasteiger partial charge on any atom is 0.313 e. The summed E-state index contributed by atoms with van der Waals surface area (Å²) < 4.78 is 0. The van der Waals surface area contributed by atoms with Crippen molar-refractivity contribution in [1.29, 1.82) is 0 Å². The smallest absolute Gasteiger partial charge is 0.313 e. The molecule has 0 aliphatic carbocycles. The lowest BCUT2D eigenvalue weighted by molar-refractivity contribution is -0.385. The van der Waals surface area contributed by atoms with Crippen LogP contribution >= 0.6 is 0 Å². The molecule has 3 rings (SSSR count). The lowest BCUT2D eigenvalue weighted by Gasteiger charge is -2.18. The third-order valence-electron chi connectivity index (χ3n) is 4.44. The Balaban J connectivity index is 1.92. The van der Waals surface area contributed by atoms with Crippen LogP contribution in [0.5, 0.6) is 5.75 Å². The molecule has 1 amide bonds. The van der Waals surface area contributed by atoms with Crippen LogP contribution in [-0.2, 0) is 11.2 Å². The third-order valence-corrected chi connectivity index (χ3v) is 4.44. The fourth-order valence-electron chi connectivity index (χ4n) is 3.15. The number of carbonyl (C=O) groups excluding carboxylic acids is 1. The summed E-state index contributed by atoms with van der Waals surface area (Å²) in [5.41, 5.74) is 1.06. The van der Waals surface area contributed by atoms with E-state index in [1.807, 2.05) is 26.8 Å². The first kappa shape index (κ1) is 21.1. The summed E-state index contributed by atoms with van der Waals surface area (Å²) >= 11 is 0. The van der Waals surface area contributed by atoms with Gasteiger partial charge in [-0.2, -0.15) is 20.3 Å². The van der Waals surface area contributed by atoms with Crippen LogP contribution in [0.15, 0.2) is 57.8 Å². The number of hydrogen-bond donors (Lipinski definition) is 1. The van der Waals surface area contributed by atoms with Gasteiger partial charge >= 0.3 is 5.69 Å². The molecule has 1 atom stereocenters. The topological polar surface area (TPSA) is 121 Å². The number of para-hydroxylation sites is 1. The number of phenolic OH excluding ortho intramolecular Hbond substituents is 1. The number of benzene rings is 2. The molecular formula is C21H23N5O4. The zero-order chi connectivity index (χ0) is 22.1. The van der Waals surface area contributed by atoms with Crippen LogP contribution in [-0.4, -0.2) is 27.7 Å². The number of hydrogen-bond acceptors (Lipinski definition) is 7. The van der Waals surface area contributed by atoms with Crippen LogP contribution in [0.2, 0.25) is 0 Å². The van der Waals surface area contributed by atoms with Gasteiger partial charge in [-0.05, 0) is 42.5 Å². The van der Waals surface area contributed by atoms with E-state index in [1.165, 1.54) is 11.1 Å². The third kappa shape index (κ3) is 4.51. The molecule has 9 nitrogen and oxygen atoms in total. The number of azo groups is 1. The van der Waals surface area contributed by atoms with Crippen molar-refractivity contribution in [3.05, 3.63) is 58.1 Å². The minimum Gasteiger partial charge on any atom is -0.501 e. The van der Waals surface area contributed by atoms with Gasteiger partial charge in [0.25, 0.3) is 5.91 Å². The van der Waals surface area contributed by atoms with E-state index in [4.69, 9.17) is 0 Å². The summed E-state index contributed by atoms with van der Waals surface area (Å²) in [6.45, 7) is 7.66. The molecule has 2 aromatic carbocycles. The normalized spacial score (nSPS) is 16.9. The summed E-state index contributed by atoms with van der Waals surface area (Å²) in [5, 5.41) is 35.2. The SMILES string of the molecule is CC1=NN(c2ccccc2)C(=O)C1N=Nc1cc(CC(C)(C)C)cc([N+](=O)[O-])c1O. The van der Waals surface area contributed by atoms with Crippen LogP contribution in [0.1, 0.15) is 33.3 Å². The largest absolute Gasteiger partial charge is 0.501 e. The Kier molecular flexibility index (Phi) is 5.64. The Morgan fingerprint density at radius 2 is 1.90 bits per heavy atom. The summed E-state index contributed by atoms with van der Waals surface area (Å²) in [7, 11) is 0. The number of anilines is 1. The van der Waals surface area contributed by atoms with E-state index in [2.05, 4.69) is 15.3 Å². The van der Waals surface area contributed by atoms with Crippen molar-refractivity contribution >= 4 is 28.7 Å². The Hall–Kier alpha value is -3.62. The van der Waals surface area contributed by atoms with Crippen molar-refractivity contribution in [2.75, 3.05) is 5.01 Å². The molecule has 0 saturated heterocycles. The number of nitro groups is 1. The average molecular weight is 409 g/mol. The van der Waals surface area contributed by atoms with Gasteiger partial charge in [0, 0.05) is 6.07 Å². The molecule has 2 aromatic rings. The maximum atomic E-state index is 12.7. The maximum absolute atomic E-state index is 12.7. The minimum atomic E-state index is -0.963. The molecule has 1 unspecified atom stereocenters. The summed E-state index contributed by atoms with van der Waals surface area (Å²) in [6.07, 6.45) is 0.543. The molecule has 30 heavy (non-hydrogen) atoms. The lowest BCUT2D eigenvalue weighted by Crippen LogP contribution is -2.29. The van der Waals surface area contributed by atoms with E-state index in [0.29, 0.717) is 23.4 Å². The van der Waals surface area contributed by atoms with Gasteiger partial charge in [0.2, 0.25) is 5.75 Å². The highest BCUT2D eigenvalue weighted by Crippen LogP contribution is 2.39. The molecule has 0 saturated carbocycles. The van der Waals surface area contributed by atoms with Gasteiger partial charge in [0.05, 0.1) is 16.3 Å². The molecule has 0 bridgehead atoms. The van der Waals surface area contributed by atoms with Gasteiger partial charge in [-0.25, -0.2) is 0 Å². The van der Waals surface area contributed by atoms with E-state index in [0.717, 1.165) is 0 Å². The fourth-order valence-corrected chi connectivity index (χ4v) is 3.15. The number of aromatic hydroxyl groups is 1. The Bertz CT molecular complexity index is 1040. The Morgan fingerprint density at radius 1 is 1.23 bits per heavy atom. The second-order valence-electron chi connectivity index (χ2n) is 8.32. The number of rotatable bonds is 5. The van der Waals surface area contributed by atoms with Crippen molar-refractivity contribution in [3.8, 4) is 5.75 Å². The summed E-state index contributed by atoms with van der Waals surface area (Å²) in [4.78, 5) is 23.4. The molecule has 1 aliphatic rings. The highest BCUT2D eigenvalue weighted by atomic mass is 16.6. The number of hydrazone groups is 1. The van der Waals surface area contributed by atoms with Gasteiger partial charge in [-0.1, -0.05) is 39.0 Å². The van der Waals surface area contributed by atoms with Crippen molar-refractivity contribution in [2.24, 2.45) is 20.7 Å². The number of amides is 1. The van der Waals surface area contributed by atoms with Crippen LogP contribution in [0.4, 0.5) is 17.1 Å². The Labute approximate surface area is 173 Å². The van der Waals surface area contributed by atoms with Gasteiger partial charge in [0.1, 0.15) is 5.69 Å². The molecule has 1 heterocycles. The minimum absolute atomic E-state index is 0.0535. The van der Waals surface area contributed by atoms with Crippen molar-refractivity contribution in [2.45, 2.75) is 40.2 Å². The Morgan fingerprint density at radius 3 is 2.50 bits per heavy atom. The molecule has 9 heteroatoms. The van der Waals surface area contributed by atoms with E-state index in [1.54, 1.807) is 37.3 Å². The van der Waals surface area contributed by atoms with Gasteiger partial charge < -0.3 is 5.11 Å². The number of nitrogens with zero attached hydrogens (tertiary/aromatic N) is 5. The number of phenols is 1. The molecule has 1 aliphatic heterocycles. The van der Waals surface area contributed by atoms with E-state index >= 15 is 0 Å². The fraction of sp³-hybridized carbons (Fsp3) is 0.333. The van der Waals surface area contributed by atoms with E-state index in [9.17, 15) is 20.0 Å².